The predicted molar refractivity (Wildman–Crippen MR) is 99.6 cm³/mol. The van der Waals surface area contributed by atoms with Crippen molar-refractivity contribution in [1.29, 1.82) is 0 Å². The maximum atomic E-state index is 11.2. The minimum atomic E-state index is -0.874. The molecule has 0 aromatic heterocycles. The van der Waals surface area contributed by atoms with Crippen LogP contribution in [-0.4, -0.2) is 41.5 Å². The molecule has 0 atom stereocenters. The van der Waals surface area contributed by atoms with E-state index in [0.29, 0.717) is 6.42 Å². The lowest BCUT2D eigenvalue weighted by atomic mass is 9.93. The zero-order chi connectivity index (χ0) is 18.4. The van der Waals surface area contributed by atoms with E-state index in [-0.39, 0.29) is 19.1 Å². The summed E-state index contributed by atoms with van der Waals surface area (Å²) in [7, 11) is 0. The number of nitrogens with one attached hydrogen (secondary N) is 1. The Hall–Kier alpha value is -1.59. The Kier molecular flexibility index (Phi) is 10.9. The lowest BCUT2D eigenvalue weighted by Crippen LogP contribution is -2.53. The molecule has 0 aliphatic heterocycles. The molecule has 5 nitrogen and oxygen atoms in total. The van der Waals surface area contributed by atoms with E-state index in [1.165, 1.54) is 19.8 Å². The molecule has 25 heavy (non-hydrogen) atoms. The molecule has 142 valence electrons. The Morgan fingerprint density at radius 2 is 1.52 bits per heavy atom. The largest absolute Gasteiger partial charge is 0.494 e. The number of benzene rings is 1. The first-order valence-corrected chi connectivity index (χ1v) is 9.30. The summed E-state index contributed by atoms with van der Waals surface area (Å²) in [5, 5.41) is 21.6. The van der Waals surface area contributed by atoms with Gasteiger partial charge in [0.15, 0.2) is 0 Å². The Balaban J connectivity index is 1.99. The van der Waals surface area contributed by atoms with Crippen molar-refractivity contribution in [3.63, 3.8) is 0 Å². The molecule has 0 aliphatic carbocycles. The molecule has 3 N–H and O–H groups in total. The van der Waals surface area contributed by atoms with E-state index in [1.807, 2.05) is 30.3 Å². The van der Waals surface area contributed by atoms with E-state index in [0.717, 1.165) is 44.5 Å². The van der Waals surface area contributed by atoms with Crippen LogP contribution in [0.15, 0.2) is 30.3 Å². The second-order valence-electron chi connectivity index (χ2n) is 6.66. The summed E-state index contributed by atoms with van der Waals surface area (Å²) in [6.07, 6.45) is 8.26. The molecule has 0 saturated carbocycles. The molecule has 0 spiro atoms. The summed E-state index contributed by atoms with van der Waals surface area (Å²) in [5.74, 6) is 0.707. The van der Waals surface area contributed by atoms with Gasteiger partial charge in [-0.3, -0.25) is 4.79 Å². The third kappa shape index (κ3) is 9.46. The number of carbonyl (C=O) groups excluding carboxylic acids is 1. The van der Waals surface area contributed by atoms with Crippen LogP contribution in [-0.2, 0) is 4.79 Å². The number of aliphatic hydroxyl groups is 2. The maximum absolute atomic E-state index is 11.2. The highest BCUT2D eigenvalue weighted by Gasteiger charge is 2.28. The molecule has 0 radical (unpaired) electrons. The van der Waals surface area contributed by atoms with Gasteiger partial charge in [-0.25, -0.2) is 0 Å². The van der Waals surface area contributed by atoms with Gasteiger partial charge < -0.3 is 20.3 Å². The molecule has 0 saturated heterocycles. The third-order valence-corrected chi connectivity index (χ3v) is 4.36. The number of ether oxygens (including phenoxy) is 1. The fourth-order valence-corrected chi connectivity index (χ4v) is 2.88. The van der Waals surface area contributed by atoms with Gasteiger partial charge >= 0.3 is 0 Å². The van der Waals surface area contributed by atoms with Crippen molar-refractivity contribution in [3.8, 4) is 5.75 Å². The quantitative estimate of drug-likeness (QED) is 0.450. The van der Waals surface area contributed by atoms with Crippen LogP contribution in [0.5, 0.6) is 5.75 Å². The van der Waals surface area contributed by atoms with Gasteiger partial charge in [0.1, 0.15) is 5.75 Å². The van der Waals surface area contributed by atoms with Crippen LogP contribution in [0.2, 0.25) is 0 Å². The van der Waals surface area contributed by atoms with Gasteiger partial charge in [-0.05, 0) is 25.0 Å². The van der Waals surface area contributed by atoms with E-state index in [1.54, 1.807) is 0 Å². The second-order valence-corrected chi connectivity index (χ2v) is 6.66. The number of hydrogen-bond donors (Lipinski definition) is 3. The van der Waals surface area contributed by atoms with E-state index in [9.17, 15) is 15.0 Å². The summed E-state index contributed by atoms with van der Waals surface area (Å²) in [6, 6.07) is 9.88. The monoisotopic (exact) mass is 351 g/mol. The summed E-state index contributed by atoms with van der Waals surface area (Å²) in [4.78, 5) is 11.2. The number of rotatable bonds is 14. The van der Waals surface area contributed by atoms with Crippen molar-refractivity contribution in [3.05, 3.63) is 30.3 Å². The fraction of sp³-hybridized carbons (Fsp3) is 0.650. The van der Waals surface area contributed by atoms with Gasteiger partial charge in [0.05, 0.1) is 25.4 Å². The van der Waals surface area contributed by atoms with E-state index in [2.05, 4.69) is 5.32 Å². The standard InChI is InChI=1S/C20H33NO4/c1-18(24)21-20(16-22,17-23)14-10-5-3-2-4-6-11-15-25-19-12-8-7-9-13-19/h7-9,12-13,22-23H,2-6,10-11,14-17H2,1H3,(H,21,24). The number of amides is 1. The van der Waals surface area contributed by atoms with Gasteiger partial charge in [0.2, 0.25) is 5.91 Å². The zero-order valence-electron chi connectivity index (χ0n) is 15.4. The SMILES string of the molecule is CC(=O)NC(CO)(CO)CCCCCCCCCOc1ccccc1. The van der Waals surface area contributed by atoms with Crippen LogP contribution in [0.25, 0.3) is 0 Å². The number of carbonyl (C=O) groups is 1. The first-order valence-electron chi connectivity index (χ1n) is 9.30. The Labute approximate surface area is 151 Å². The lowest BCUT2D eigenvalue weighted by Gasteiger charge is -2.30. The highest BCUT2D eigenvalue weighted by molar-refractivity contribution is 5.73. The minimum Gasteiger partial charge on any atom is -0.494 e. The molecule has 0 bridgehead atoms. The molecule has 0 aliphatic rings. The molecular formula is C20H33NO4. The Bertz CT molecular complexity index is 460. The maximum Gasteiger partial charge on any atom is 0.217 e. The van der Waals surface area contributed by atoms with Crippen molar-refractivity contribution in [2.75, 3.05) is 19.8 Å². The normalized spacial score (nSPS) is 11.3. The van der Waals surface area contributed by atoms with Crippen molar-refractivity contribution >= 4 is 5.91 Å². The van der Waals surface area contributed by atoms with Crippen LogP contribution in [0.1, 0.15) is 58.3 Å². The van der Waals surface area contributed by atoms with Gasteiger partial charge in [-0.1, -0.05) is 56.7 Å². The predicted octanol–water partition coefficient (Wildman–Crippen LogP) is 3.05. The van der Waals surface area contributed by atoms with Crippen molar-refractivity contribution < 1.29 is 19.7 Å². The average Bonchev–Trinajstić information content (AvgIpc) is 2.62. The Morgan fingerprint density at radius 1 is 0.960 bits per heavy atom. The van der Waals surface area contributed by atoms with Crippen LogP contribution >= 0.6 is 0 Å². The molecule has 1 aromatic carbocycles. The second kappa shape index (κ2) is 12.7. The summed E-state index contributed by atoms with van der Waals surface area (Å²) in [5.41, 5.74) is -0.874. The number of para-hydroxylation sites is 1. The number of aliphatic hydroxyl groups excluding tert-OH is 2. The summed E-state index contributed by atoms with van der Waals surface area (Å²) >= 11 is 0. The lowest BCUT2D eigenvalue weighted by molar-refractivity contribution is -0.122. The van der Waals surface area contributed by atoms with Crippen molar-refractivity contribution in [2.24, 2.45) is 0 Å². The fourth-order valence-electron chi connectivity index (χ4n) is 2.88. The van der Waals surface area contributed by atoms with Crippen LogP contribution in [0.4, 0.5) is 0 Å². The zero-order valence-corrected chi connectivity index (χ0v) is 15.4. The molecule has 1 amide bonds. The van der Waals surface area contributed by atoms with Crippen molar-refractivity contribution in [1.82, 2.24) is 5.32 Å². The molecule has 0 heterocycles. The van der Waals surface area contributed by atoms with Crippen LogP contribution < -0.4 is 10.1 Å². The highest BCUT2D eigenvalue weighted by atomic mass is 16.5. The van der Waals surface area contributed by atoms with Crippen LogP contribution in [0.3, 0.4) is 0 Å². The molecular weight excluding hydrogens is 318 g/mol. The highest BCUT2D eigenvalue weighted by Crippen LogP contribution is 2.16. The smallest absolute Gasteiger partial charge is 0.217 e. The summed E-state index contributed by atoms with van der Waals surface area (Å²) in [6.45, 7) is 1.70. The van der Waals surface area contributed by atoms with E-state index < -0.39 is 5.54 Å². The number of unbranched alkanes of at least 4 members (excludes halogenated alkanes) is 6. The van der Waals surface area contributed by atoms with E-state index >= 15 is 0 Å². The van der Waals surface area contributed by atoms with E-state index in [4.69, 9.17) is 4.74 Å². The molecule has 1 rings (SSSR count). The summed E-state index contributed by atoms with van der Waals surface area (Å²) < 4.78 is 5.66. The first-order chi connectivity index (χ1) is 12.1. The molecule has 5 heteroatoms. The van der Waals surface area contributed by atoms with Gasteiger partial charge in [-0.15, -0.1) is 0 Å². The topological polar surface area (TPSA) is 78.8 Å². The minimum absolute atomic E-state index is 0.221. The molecule has 0 unspecified atom stereocenters. The van der Waals surface area contributed by atoms with Crippen LogP contribution in [0, 0.1) is 0 Å². The van der Waals surface area contributed by atoms with Gasteiger partial charge in [0, 0.05) is 6.92 Å². The van der Waals surface area contributed by atoms with Gasteiger partial charge in [-0.2, -0.15) is 0 Å². The number of hydrogen-bond acceptors (Lipinski definition) is 4. The van der Waals surface area contributed by atoms with Gasteiger partial charge in [0.25, 0.3) is 0 Å². The average molecular weight is 351 g/mol. The molecule has 1 aromatic rings. The van der Waals surface area contributed by atoms with Crippen molar-refractivity contribution in [2.45, 2.75) is 63.8 Å². The molecule has 0 fully saturated rings. The Morgan fingerprint density at radius 3 is 2.08 bits per heavy atom. The third-order valence-electron chi connectivity index (χ3n) is 4.36. The first kappa shape index (κ1) is 21.5.